The number of nitrogens with zero attached hydrogens (tertiary/aromatic N) is 3. The van der Waals surface area contributed by atoms with Crippen LogP contribution in [0.15, 0.2) is 4.42 Å². The van der Waals surface area contributed by atoms with E-state index in [2.05, 4.69) is 4.98 Å². The monoisotopic (exact) mass is 305 g/mol. The minimum Gasteiger partial charge on any atom is -0.436 e. The number of hydrogen-bond acceptors (Lipinski definition) is 4. The Bertz CT molecular complexity index is 575. The zero-order valence-electron chi connectivity index (χ0n) is 13.3. The summed E-state index contributed by atoms with van der Waals surface area (Å²) in [6.45, 7) is 6.34. The van der Waals surface area contributed by atoms with Gasteiger partial charge in [-0.15, -0.1) is 0 Å². The van der Waals surface area contributed by atoms with Crippen LogP contribution in [-0.2, 0) is 4.79 Å². The van der Waals surface area contributed by atoms with Gasteiger partial charge in [-0.25, -0.2) is 4.98 Å². The van der Waals surface area contributed by atoms with Gasteiger partial charge in [0.1, 0.15) is 0 Å². The fraction of sp³-hybridized carbons (Fsp3) is 0.688. The first-order valence-corrected chi connectivity index (χ1v) is 8.08. The molecule has 0 N–H and O–H groups in total. The second-order valence-electron chi connectivity index (χ2n) is 6.27. The Kier molecular flexibility index (Phi) is 4.18. The first kappa shape index (κ1) is 15.1. The highest BCUT2D eigenvalue weighted by atomic mass is 16.4. The molecule has 6 nitrogen and oxygen atoms in total. The van der Waals surface area contributed by atoms with Gasteiger partial charge in [-0.05, 0) is 32.6 Å². The predicted octanol–water partition coefficient (Wildman–Crippen LogP) is 1.77. The Balaban J connectivity index is 1.63. The summed E-state index contributed by atoms with van der Waals surface area (Å²) in [4.78, 5) is 32.8. The Morgan fingerprint density at radius 1 is 1.09 bits per heavy atom. The molecule has 2 amide bonds. The first-order valence-electron chi connectivity index (χ1n) is 8.08. The van der Waals surface area contributed by atoms with Crippen LogP contribution in [0.5, 0.6) is 0 Å². The minimum atomic E-state index is -0.146. The van der Waals surface area contributed by atoms with Crippen molar-refractivity contribution in [1.82, 2.24) is 14.8 Å². The summed E-state index contributed by atoms with van der Waals surface area (Å²) < 4.78 is 5.40. The summed E-state index contributed by atoms with van der Waals surface area (Å²) in [6, 6.07) is 0. The lowest BCUT2D eigenvalue weighted by atomic mass is 10.0. The molecule has 0 spiro atoms. The van der Waals surface area contributed by atoms with E-state index in [9.17, 15) is 9.59 Å². The standard InChI is InChI=1S/C16H23N3O3/c1-11-14(22-12(2)17-11)16(21)19-9-6-13(10-19)15(20)18-7-4-3-5-8-18/h13H,3-10H2,1-2H3. The van der Waals surface area contributed by atoms with Gasteiger partial charge in [0.05, 0.1) is 11.6 Å². The number of piperidine rings is 1. The van der Waals surface area contributed by atoms with E-state index in [1.807, 2.05) is 4.90 Å². The third-order valence-corrected chi connectivity index (χ3v) is 4.59. The van der Waals surface area contributed by atoms with Crippen molar-refractivity contribution in [1.29, 1.82) is 0 Å². The van der Waals surface area contributed by atoms with Gasteiger partial charge in [-0.2, -0.15) is 0 Å². The van der Waals surface area contributed by atoms with E-state index >= 15 is 0 Å². The fourth-order valence-corrected chi connectivity index (χ4v) is 3.39. The van der Waals surface area contributed by atoms with Crippen LogP contribution in [0.2, 0.25) is 0 Å². The van der Waals surface area contributed by atoms with Gasteiger partial charge in [-0.3, -0.25) is 9.59 Å². The number of aromatic nitrogens is 1. The highest BCUT2D eigenvalue weighted by Crippen LogP contribution is 2.23. The second kappa shape index (κ2) is 6.10. The van der Waals surface area contributed by atoms with Crippen LogP contribution >= 0.6 is 0 Å². The SMILES string of the molecule is Cc1nc(C)c(C(=O)N2CCC(C(=O)N3CCCCC3)C2)o1. The summed E-state index contributed by atoms with van der Waals surface area (Å²) >= 11 is 0. The molecular formula is C16H23N3O3. The van der Waals surface area contributed by atoms with Gasteiger partial charge >= 0.3 is 0 Å². The molecule has 22 heavy (non-hydrogen) atoms. The Morgan fingerprint density at radius 2 is 1.82 bits per heavy atom. The van der Waals surface area contributed by atoms with Crippen LogP contribution in [0.3, 0.4) is 0 Å². The molecule has 0 aliphatic carbocycles. The molecule has 6 heteroatoms. The van der Waals surface area contributed by atoms with Gasteiger partial charge in [-0.1, -0.05) is 0 Å². The molecule has 0 aromatic carbocycles. The third-order valence-electron chi connectivity index (χ3n) is 4.59. The predicted molar refractivity (Wildman–Crippen MR) is 80.4 cm³/mol. The maximum atomic E-state index is 12.5. The van der Waals surface area contributed by atoms with Gasteiger partial charge < -0.3 is 14.2 Å². The lowest BCUT2D eigenvalue weighted by Gasteiger charge is -2.29. The molecule has 0 saturated carbocycles. The average molecular weight is 305 g/mol. The van der Waals surface area contributed by atoms with Crippen molar-refractivity contribution in [3.8, 4) is 0 Å². The van der Waals surface area contributed by atoms with E-state index in [0.717, 1.165) is 32.4 Å². The summed E-state index contributed by atoms with van der Waals surface area (Å²) in [7, 11) is 0. The summed E-state index contributed by atoms with van der Waals surface area (Å²) in [5.74, 6) is 0.809. The van der Waals surface area contributed by atoms with Crippen LogP contribution in [0.25, 0.3) is 0 Å². The quantitative estimate of drug-likeness (QED) is 0.835. The van der Waals surface area contributed by atoms with Crippen LogP contribution in [-0.4, -0.2) is 52.8 Å². The lowest BCUT2D eigenvalue weighted by Crippen LogP contribution is -2.41. The minimum absolute atomic E-state index is 0.0635. The van der Waals surface area contributed by atoms with Crippen molar-refractivity contribution in [3.63, 3.8) is 0 Å². The second-order valence-corrected chi connectivity index (χ2v) is 6.27. The number of oxazole rings is 1. The molecule has 2 fully saturated rings. The van der Waals surface area contributed by atoms with Crippen LogP contribution in [0, 0.1) is 19.8 Å². The van der Waals surface area contributed by atoms with Crippen molar-refractivity contribution < 1.29 is 14.0 Å². The van der Waals surface area contributed by atoms with E-state index in [4.69, 9.17) is 4.42 Å². The number of hydrogen-bond donors (Lipinski definition) is 0. The van der Waals surface area contributed by atoms with Crippen LogP contribution in [0.4, 0.5) is 0 Å². The molecule has 3 rings (SSSR count). The molecule has 1 aromatic heterocycles. The van der Waals surface area contributed by atoms with E-state index in [0.29, 0.717) is 30.4 Å². The first-order chi connectivity index (χ1) is 10.6. The molecule has 3 heterocycles. The van der Waals surface area contributed by atoms with E-state index < -0.39 is 0 Å². The third kappa shape index (κ3) is 2.87. The molecule has 2 aliphatic rings. The largest absolute Gasteiger partial charge is 0.436 e. The highest BCUT2D eigenvalue weighted by molar-refractivity contribution is 5.93. The fourth-order valence-electron chi connectivity index (χ4n) is 3.39. The molecule has 1 atom stereocenters. The molecule has 2 aliphatic heterocycles. The maximum absolute atomic E-state index is 12.5. The Hall–Kier alpha value is -1.85. The van der Waals surface area contributed by atoms with E-state index in [1.54, 1.807) is 18.7 Å². The number of amides is 2. The number of carbonyl (C=O) groups excluding carboxylic acids is 2. The normalized spacial score (nSPS) is 22.2. The maximum Gasteiger partial charge on any atom is 0.291 e. The van der Waals surface area contributed by atoms with Gasteiger partial charge in [0, 0.05) is 33.1 Å². The van der Waals surface area contributed by atoms with Gasteiger partial charge in [0.2, 0.25) is 11.7 Å². The number of likely N-dealkylation sites (tertiary alicyclic amines) is 2. The molecule has 1 unspecified atom stereocenters. The molecule has 2 saturated heterocycles. The molecule has 120 valence electrons. The van der Waals surface area contributed by atoms with E-state index in [1.165, 1.54) is 6.42 Å². The molecule has 0 radical (unpaired) electrons. The Labute approximate surface area is 130 Å². The van der Waals surface area contributed by atoms with E-state index in [-0.39, 0.29) is 17.7 Å². The summed E-state index contributed by atoms with van der Waals surface area (Å²) in [6.07, 6.45) is 4.14. The average Bonchev–Trinajstić information content (AvgIpc) is 3.13. The number of rotatable bonds is 2. The Morgan fingerprint density at radius 3 is 2.45 bits per heavy atom. The molecular weight excluding hydrogens is 282 g/mol. The summed E-state index contributed by atoms with van der Waals surface area (Å²) in [5.41, 5.74) is 0.619. The topological polar surface area (TPSA) is 66.7 Å². The van der Waals surface area contributed by atoms with Crippen molar-refractivity contribution in [3.05, 3.63) is 17.3 Å². The van der Waals surface area contributed by atoms with Crippen molar-refractivity contribution in [2.45, 2.75) is 39.5 Å². The van der Waals surface area contributed by atoms with Crippen LogP contribution < -0.4 is 0 Å². The van der Waals surface area contributed by atoms with Gasteiger partial charge in [0.25, 0.3) is 5.91 Å². The van der Waals surface area contributed by atoms with Crippen molar-refractivity contribution >= 4 is 11.8 Å². The van der Waals surface area contributed by atoms with Crippen LogP contribution in [0.1, 0.15) is 47.8 Å². The van der Waals surface area contributed by atoms with Crippen molar-refractivity contribution in [2.75, 3.05) is 26.2 Å². The zero-order chi connectivity index (χ0) is 15.7. The smallest absolute Gasteiger partial charge is 0.291 e. The van der Waals surface area contributed by atoms with Gasteiger partial charge in [0.15, 0.2) is 5.89 Å². The zero-order valence-corrected chi connectivity index (χ0v) is 13.3. The molecule has 1 aromatic rings. The molecule has 0 bridgehead atoms. The number of carbonyl (C=O) groups is 2. The van der Waals surface area contributed by atoms with Crippen molar-refractivity contribution in [2.24, 2.45) is 5.92 Å². The number of aryl methyl sites for hydroxylation is 2. The lowest BCUT2D eigenvalue weighted by molar-refractivity contribution is -0.135. The summed E-state index contributed by atoms with van der Waals surface area (Å²) in [5, 5.41) is 0. The highest BCUT2D eigenvalue weighted by Gasteiger charge is 2.35.